The van der Waals surface area contributed by atoms with Gasteiger partial charge in [0, 0.05) is 5.39 Å². The normalized spacial score (nSPS) is 10.6. The summed E-state index contributed by atoms with van der Waals surface area (Å²) in [5, 5.41) is 1.16. The number of fused-ring (bicyclic) bond motifs is 1. The molecule has 1 heteroatoms. The van der Waals surface area contributed by atoms with Gasteiger partial charge in [0.25, 0.3) is 0 Å². The Morgan fingerprint density at radius 3 is 3.00 bits per heavy atom. The summed E-state index contributed by atoms with van der Waals surface area (Å²) in [5.41, 5.74) is 2.20. The van der Waals surface area contributed by atoms with Crippen LogP contribution >= 0.6 is 0 Å². The predicted octanol–water partition coefficient (Wildman–Crippen LogP) is 2.81. The lowest BCUT2D eigenvalue weighted by Gasteiger charge is -1.93. The van der Waals surface area contributed by atoms with Crippen LogP contribution in [0.1, 0.15) is 5.56 Å². The zero-order valence-corrected chi connectivity index (χ0v) is 6.21. The Morgan fingerprint density at radius 2 is 2.18 bits per heavy atom. The molecule has 0 N–H and O–H groups in total. The summed E-state index contributed by atoms with van der Waals surface area (Å²) in [4.78, 5) is 0. The summed E-state index contributed by atoms with van der Waals surface area (Å²) in [6, 6.07) is 8.09. The molecule has 0 aliphatic carbocycles. The molecule has 2 rings (SSSR count). The molecule has 0 atom stereocenters. The first-order valence-electron chi connectivity index (χ1n) is 3.65. The van der Waals surface area contributed by atoms with Crippen molar-refractivity contribution in [1.82, 2.24) is 0 Å². The zero-order chi connectivity index (χ0) is 7.68. The van der Waals surface area contributed by atoms with Gasteiger partial charge in [-0.3, -0.25) is 0 Å². The van der Waals surface area contributed by atoms with Crippen LogP contribution < -0.4 is 0 Å². The van der Waals surface area contributed by atoms with Crippen LogP contribution in [0.5, 0.6) is 0 Å². The average Bonchev–Trinajstić information content (AvgIpc) is 2.50. The van der Waals surface area contributed by atoms with E-state index in [1.54, 1.807) is 6.26 Å². The van der Waals surface area contributed by atoms with Crippen molar-refractivity contribution in [3.63, 3.8) is 0 Å². The summed E-state index contributed by atoms with van der Waals surface area (Å²) in [5.74, 6) is 0. The Bertz CT molecular complexity index is 360. The molecule has 2 aromatic rings. The lowest BCUT2D eigenvalue weighted by atomic mass is 10.1. The second-order valence-electron chi connectivity index (χ2n) is 2.54. The number of benzene rings is 1. The van der Waals surface area contributed by atoms with Crippen LogP contribution in [0.4, 0.5) is 0 Å². The van der Waals surface area contributed by atoms with Crippen LogP contribution in [-0.2, 0) is 6.42 Å². The van der Waals surface area contributed by atoms with E-state index in [0.29, 0.717) is 0 Å². The Kier molecular flexibility index (Phi) is 1.42. The fraction of sp³-hybridized carbons (Fsp3) is 0.100. The van der Waals surface area contributed by atoms with Crippen molar-refractivity contribution in [3.05, 3.63) is 43.0 Å². The van der Waals surface area contributed by atoms with E-state index >= 15 is 0 Å². The molecule has 0 spiro atoms. The molecule has 0 aliphatic rings. The van der Waals surface area contributed by atoms with Gasteiger partial charge in [-0.05, 0) is 37.1 Å². The van der Waals surface area contributed by atoms with Gasteiger partial charge in [0.05, 0.1) is 6.26 Å². The first-order valence-corrected chi connectivity index (χ1v) is 3.65. The third kappa shape index (κ3) is 1.03. The molecule has 1 aromatic heterocycles. The predicted molar refractivity (Wildman–Crippen MR) is 45.3 cm³/mol. The molecule has 55 valence electrons. The standard InChI is InChI=1S/C10H9O/c1-2-8-3-4-10-9(7-8)5-6-11-10/h3-7H,1-2H2. The van der Waals surface area contributed by atoms with Crippen LogP contribution in [0.3, 0.4) is 0 Å². The Balaban J connectivity index is 2.67. The van der Waals surface area contributed by atoms with E-state index in [2.05, 4.69) is 13.0 Å². The Labute approximate surface area is 65.6 Å². The highest BCUT2D eigenvalue weighted by molar-refractivity contribution is 5.77. The van der Waals surface area contributed by atoms with Gasteiger partial charge in [0.2, 0.25) is 0 Å². The van der Waals surface area contributed by atoms with Gasteiger partial charge in [-0.2, -0.15) is 0 Å². The first kappa shape index (κ1) is 6.47. The molecule has 0 fully saturated rings. The fourth-order valence-electron chi connectivity index (χ4n) is 1.17. The minimum Gasteiger partial charge on any atom is -0.464 e. The minimum atomic E-state index is 0.834. The van der Waals surface area contributed by atoms with Crippen molar-refractivity contribution in [1.29, 1.82) is 0 Å². The van der Waals surface area contributed by atoms with Crippen molar-refractivity contribution in [3.8, 4) is 0 Å². The molecule has 0 saturated heterocycles. The van der Waals surface area contributed by atoms with E-state index in [1.165, 1.54) is 5.56 Å². The molecular formula is C10H9O. The molecule has 1 radical (unpaired) electrons. The van der Waals surface area contributed by atoms with Crippen molar-refractivity contribution in [2.45, 2.75) is 6.42 Å². The number of rotatable bonds is 1. The number of furan rings is 1. The number of hydrogen-bond acceptors (Lipinski definition) is 1. The molecule has 0 amide bonds. The first-order chi connectivity index (χ1) is 5.40. The second-order valence-corrected chi connectivity index (χ2v) is 2.54. The third-order valence-corrected chi connectivity index (χ3v) is 1.81. The van der Waals surface area contributed by atoms with Crippen LogP contribution in [0.2, 0.25) is 0 Å². The maximum Gasteiger partial charge on any atom is 0.133 e. The topological polar surface area (TPSA) is 13.1 Å². The molecule has 0 aliphatic heterocycles. The maximum absolute atomic E-state index is 5.20. The van der Waals surface area contributed by atoms with Crippen LogP contribution in [0, 0.1) is 6.92 Å². The van der Waals surface area contributed by atoms with E-state index in [9.17, 15) is 0 Å². The van der Waals surface area contributed by atoms with Crippen LogP contribution in [-0.4, -0.2) is 0 Å². The minimum absolute atomic E-state index is 0.834. The summed E-state index contributed by atoms with van der Waals surface area (Å²) >= 11 is 0. The van der Waals surface area contributed by atoms with Crippen LogP contribution in [0.15, 0.2) is 34.9 Å². The van der Waals surface area contributed by atoms with E-state index < -0.39 is 0 Å². The van der Waals surface area contributed by atoms with Gasteiger partial charge < -0.3 is 4.42 Å². The van der Waals surface area contributed by atoms with Crippen molar-refractivity contribution >= 4 is 11.0 Å². The molecule has 11 heavy (non-hydrogen) atoms. The Hall–Kier alpha value is -1.24. The molecule has 0 saturated carbocycles. The van der Waals surface area contributed by atoms with E-state index in [-0.39, 0.29) is 0 Å². The van der Waals surface area contributed by atoms with Crippen molar-refractivity contribution < 1.29 is 4.42 Å². The molecule has 1 heterocycles. The van der Waals surface area contributed by atoms with Gasteiger partial charge >= 0.3 is 0 Å². The van der Waals surface area contributed by atoms with Gasteiger partial charge in [0.15, 0.2) is 0 Å². The van der Waals surface area contributed by atoms with E-state index in [1.807, 2.05) is 18.2 Å². The summed E-state index contributed by atoms with van der Waals surface area (Å²) in [7, 11) is 0. The molecule has 0 bridgehead atoms. The smallest absolute Gasteiger partial charge is 0.133 e. The summed E-state index contributed by atoms with van der Waals surface area (Å²) in [6.45, 7) is 3.82. The highest BCUT2D eigenvalue weighted by Gasteiger charge is 1.95. The van der Waals surface area contributed by atoms with Crippen molar-refractivity contribution in [2.24, 2.45) is 0 Å². The highest BCUT2D eigenvalue weighted by Crippen LogP contribution is 2.16. The molecule has 1 aromatic carbocycles. The molecule has 0 unspecified atom stereocenters. The Morgan fingerprint density at radius 1 is 1.27 bits per heavy atom. The van der Waals surface area contributed by atoms with Crippen LogP contribution in [0.25, 0.3) is 11.0 Å². The quantitative estimate of drug-likeness (QED) is 0.601. The van der Waals surface area contributed by atoms with Gasteiger partial charge in [-0.1, -0.05) is 6.07 Å². The zero-order valence-electron chi connectivity index (χ0n) is 6.21. The maximum atomic E-state index is 5.20. The number of hydrogen-bond donors (Lipinski definition) is 0. The highest BCUT2D eigenvalue weighted by atomic mass is 16.3. The summed E-state index contributed by atoms with van der Waals surface area (Å²) in [6.07, 6.45) is 2.54. The van der Waals surface area contributed by atoms with E-state index in [4.69, 9.17) is 4.42 Å². The van der Waals surface area contributed by atoms with Gasteiger partial charge in [-0.25, -0.2) is 0 Å². The molecule has 1 nitrogen and oxygen atoms in total. The second kappa shape index (κ2) is 2.42. The van der Waals surface area contributed by atoms with Crippen molar-refractivity contribution in [2.75, 3.05) is 0 Å². The average molecular weight is 145 g/mol. The SMILES string of the molecule is [CH2]Cc1ccc2occc2c1. The fourth-order valence-corrected chi connectivity index (χ4v) is 1.17. The lowest BCUT2D eigenvalue weighted by Crippen LogP contribution is -1.76. The monoisotopic (exact) mass is 145 g/mol. The molecular weight excluding hydrogens is 136 g/mol. The third-order valence-electron chi connectivity index (χ3n) is 1.81. The lowest BCUT2D eigenvalue weighted by molar-refractivity contribution is 0.616. The summed E-state index contributed by atoms with van der Waals surface area (Å²) < 4.78 is 5.20. The van der Waals surface area contributed by atoms with Gasteiger partial charge in [-0.15, -0.1) is 0 Å². The van der Waals surface area contributed by atoms with Gasteiger partial charge in [0.1, 0.15) is 5.58 Å². The van der Waals surface area contributed by atoms with E-state index in [0.717, 1.165) is 17.4 Å². The largest absolute Gasteiger partial charge is 0.464 e.